The quantitative estimate of drug-likeness (QED) is 0.470. The lowest BCUT2D eigenvalue weighted by atomic mass is 10.3. The van der Waals surface area contributed by atoms with Crippen LogP contribution in [0.1, 0.15) is 20.3 Å². The fourth-order valence-electron chi connectivity index (χ4n) is 0. The molecule has 0 aliphatic heterocycles. The molecule has 1 atom stereocenters. The topological polar surface area (TPSA) is 39.7 Å². The van der Waals surface area contributed by atoms with Crippen molar-refractivity contribution in [3.05, 3.63) is 0 Å². The van der Waals surface area contributed by atoms with Crippen LogP contribution in [0, 0.1) is 0 Å². The highest BCUT2D eigenvalue weighted by atomic mass is 16.3. The first kappa shape index (κ1) is 10.8. The van der Waals surface area contributed by atoms with Crippen molar-refractivity contribution in [1.29, 1.82) is 0 Å². The SMILES string of the molecule is CCC(C)[O-].C[NH2+]C. The van der Waals surface area contributed by atoms with Gasteiger partial charge >= 0.3 is 0 Å². The number of nitrogens with two attached hydrogens (primary N) is 1. The summed E-state index contributed by atoms with van der Waals surface area (Å²) >= 11 is 0. The van der Waals surface area contributed by atoms with Crippen molar-refractivity contribution in [3.63, 3.8) is 0 Å². The maximum Gasteiger partial charge on any atom is 0.0647 e. The van der Waals surface area contributed by atoms with Gasteiger partial charge in [0.2, 0.25) is 0 Å². The molecular weight excluding hydrogens is 102 g/mol. The van der Waals surface area contributed by atoms with E-state index in [1.165, 1.54) is 0 Å². The Bertz CT molecular complexity index is 29.7. The van der Waals surface area contributed by atoms with Crippen molar-refractivity contribution in [3.8, 4) is 0 Å². The molecule has 8 heavy (non-hydrogen) atoms. The predicted octanol–water partition coefficient (Wildman–Crippen LogP) is -1.05. The molecular formula is C6H17NO. The Morgan fingerprint density at radius 1 is 1.50 bits per heavy atom. The van der Waals surface area contributed by atoms with E-state index in [9.17, 15) is 5.11 Å². The van der Waals surface area contributed by atoms with Gasteiger partial charge in [0.05, 0.1) is 14.1 Å². The summed E-state index contributed by atoms with van der Waals surface area (Å²) in [5.41, 5.74) is 0. The van der Waals surface area contributed by atoms with Gasteiger partial charge in [-0.3, -0.25) is 0 Å². The second kappa shape index (κ2) is 10.0. The molecule has 0 saturated carbocycles. The molecule has 0 aromatic heterocycles. The van der Waals surface area contributed by atoms with Gasteiger partial charge in [0.25, 0.3) is 0 Å². The average molecular weight is 119 g/mol. The molecule has 1 unspecified atom stereocenters. The van der Waals surface area contributed by atoms with Crippen molar-refractivity contribution in [2.45, 2.75) is 26.4 Å². The molecule has 0 aromatic carbocycles. The summed E-state index contributed by atoms with van der Waals surface area (Å²) < 4.78 is 0. The van der Waals surface area contributed by atoms with Gasteiger partial charge in [0.1, 0.15) is 0 Å². The minimum absolute atomic E-state index is 0.366. The van der Waals surface area contributed by atoms with Crippen LogP contribution in [0.25, 0.3) is 0 Å². The summed E-state index contributed by atoms with van der Waals surface area (Å²) in [6.07, 6.45) is 0.384. The highest BCUT2D eigenvalue weighted by molar-refractivity contribution is 4.31. The molecule has 0 amide bonds. The third kappa shape index (κ3) is 38.9. The van der Waals surface area contributed by atoms with Crippen LogP contribution < -0.4 is 10.4 Å². The zero-order valence-electron chi connectivity index (χ0n) is 6.27. The molecule has 0 spiro atoms. The van der Waals surface area contributed by atoms with E-state index < -0.39 is 0 Å². The molecule has 0 radical (unpaired) electrons. The van der Waals surface area contributed by atoms with Crippen LogP contribution in [-0.4, -0.2) is 20.2 Å². The second-order valence-corrected chi connectivity index (χ2v) is 1.80. The lowest BCUT2D eigenvalue weighted by Gasteiger charge is -2.09. The van der Waals surface area contributed by atoms with Gasteiger partial charge in [-0.05, 0) is 0 Å². The lowest BCUT2D eigenvalue weighted by molar-refractivity contribution is -0.597. The monoisotopic (exact) mass is 119 g/mol. The lowest BCUT2D eigenvalue weighted by Crippen LogP contribution is -2.74. The van der Waals surface area contributed by atoms with Gasteiger partial charge in [-0.25, -0.2) is 0 Å². The predicted molar refractivity (Wildman–Crippen MR) is 33.5 cm³/mol. The number of rotatable bonds is 1. The van der Waals surface area contributed by atoms with Crippen LogP contribution in [-0.2, 0) is 0 Å². The number of quaternary nitrogens is 1. The van der Waals surface area contributed by atoms with Gasteiger partial charge in [-0.1, -0.05) is 20.3 Å². The number of hydrogen-bond acceptors (Lipinski definition) is 1. The summed E-state index contributed by atoms with van der Waals surface area (Å²) in [4.78, 5) is 0. The van der Waals surface area contributed by atoms with E-state index >= 15 is 0 Å². The van der Waals surface area contributed by atoms with Gasteiger partial charge in [0, 0.05) is 0 Å². The van der Waals surface area contributed by atoms with Crippen LogP contribution in [0.5, 0.6) is 0 Å². The normalized spacial score (nSPS) is 11.6. The van der Waals surface area contributed by atoms with E-state index in [2.05, 4.69) is 0 Å². The molecule has 0 rings (SSSR count). The molecule has 0 aromatic rings. The van der Waals surface area contributed by atoms with E-state index in [1.54, 1.807) is 6.92 Å². The standard InChI is InChI=1S/C4H9O.C2H7N/c1-3-4(2)5;1-3-2/h4H,3H2,1-2H3;3H,1-2H3/q-1;/p+1. The first-order valence-electron chi connectivity index (χ1n) is 3.08. The van der Waals surface area contributed by atoms with Crippen LogP contribution in [0.2, 0.25) is 0 Å². The molecule has 2 heteroatoms. The Balaban J connectivity index is 0. The molecule has 0 heterocycles. The third-order valence-electron chi connectivity index (χ3n) is 0.575. The molecule has 0 bridgehead atoms. The van der Waals surface area contributed by atoms with Gasteiger partial charge in [0.15, 0.2) is 0 Å². The molecule has 0 saturated heterocycles. The maximum absolute atomic E-state index is 9.90. The Kier molecular flexibility index (Phi) is 13.6. The Hall–Kier alpha value is -0.0800. The van der Waals surface area contributed by atoms with Crippen molar-refractivity contribution in [2.75, 3.05) is 14.1 Å². The highest BCUT2D eigenvalue weighted by Gasteiger charge is 1.68. The van der Waals surface area contributed by atoms with Gasteiger partial charge in [-0.2, -0.15) is 0 Å². The molecule has 2 N–H and O–H groups in total. The summed E-state index contributed by atoms with van der Waals surface area (Å²) in [6, 6.07) is 0. The summed E-state index contributed by atoms with van der Waals surface area (Å²) in [5, 5.41) is 11.9. The molecule has 2 nitrogen and oxygen atoms in total. The van der Waals surface area contributed by atoms with Crippen LogP contribution in [0.4, 0.5) is 0 Å². The van der Waals surface area contributed by atoms with Crippen molar-refractivity contribution >= 4 is 0 Å². The van der Waals surface area contributed by atoms with Crippen molar-refractivity contribution in [2.24, 2.45) is 0 Å². The fourth-order valence-corrected chi connectivity index (χ4v) is 0. The van der Waals surface area contributed by atoms with E-state index in [0.29, 0.717) is 0 Å². The minimum atomic E-state index is -0.366. The Morgan fingerprint density at radius 3 is 1.62 bits per heavy atom. The number of hydrogen-bond donors (Lipinski definition) is 1. The fraction of sp³-hybridized carbons (Fsp3) is 1.00. The van der Waals surface area contributed by atoms with Crippen LogP contribution >= 0.6 is 0 Å². The first-order valence-corrected chi connectivity index (χ1v) is 3.08. The van der Waals surface area contributed by atoms with Gasteiger partial charge < -0.3 is 10.4 Å². The smallest absolute Gasteiger partial charge is 0.0647 e. The molecule has 52 valence electrons. The zero-order valence-corrected chi connectivity index (χ0v) is 6.27. The van der Waals surface area contributed by atoms with Gasteiger partial charge in [-0.15, -0.1) is 6.10 Å². The summed E-state index contributed by atoms with van der Waals surface area (Å²) in [7, 11) is 4.00. The first-order chi connectivity index (χ1) is 3.68. The Morgan fingerprint density at radius 2 is 1.62 bits per heavy atom. The maximum atomic E-state index is 9.90. The van der Waals surface area contributed by atoms with Crippen LogP contribution in [0.15, 0.2) is 0 Å². The summed E-state index contributed by atoms with van der Waals surface area (Å²) in [6.45, 7) is 3.55. The molecule has 0 aliphatic carbocycles. The zero-order chi connectivity index (χ0) is 6.99. The van der Waals surface area contributed by atoms with E-state index in [4.69, 9.17) is 0 Å². The van der Waals surface area contributed by atoms with E-state index in [1.807, 2.05) is 26.3 Å². The Labute approximate surface area is 51.9 Å². The van der Waals surface area contributed by atoms with E-state index in [-0.39, 0.29) is 6.10 Å². The summed E-state index contributed by atoms with van der Waals surface area (Å²) in [5.74, 6) is 0. The third-order valence-corrected chi connectivity index (χ3v) is 0.575. The molecule has 0 aliphatic rings. The average Bonchev–Trinajstić information content (AvgIpc) is 1.69. The minimum Gasteiger partial charge on any atom is -0.852 e. The van der Waals surface area contributed by atoms with Crippen LogP contribution in [0.3, 0.4) is 0 Å². The largest absolute Gasteiger partial charge is 0.852 e. The molecule has 0 fully saturated rings. The second-order valence-electron chi connectivity index (χ2n) is 1.80. The van der Waals surface area contributed by atoms with E-state index in [0.717, 1.165) is 6.42 Å². The van der Waals surface area contributed by atoms with Crippen molar-refractivity contribution < 1.29 is 10.4 Å². The van der Waals surface area contributed by atoms with Crippen molar-refractivity contribution in [1.82, 2.24) is 0 Å². The highest BCUT2D eigenvalue weighted by Crippen LogP contribution is 1.76.